The Hall–Kier alpha value is -2.77. The van der Waals surface area contributed by atoms with Crippen LogP contribution in [0, 0.1) is 10.1 Å². The molecule has 2 aromatic carbocycles. The Morgan fingerprint density at radius 3 is 2.67 bits per heavy atom. The second-order valence-corrected chi connectivity index (χ2v) is 6.36. The quantitative estimate of drug-likeness (QED) is 0.430. The minimum atomic E-state index is -0.465. The fourth-order valence-corrected chi connectivity index (χ4v) is 3.08. The summed E-state index contributed by atoms with van der Waals surface area (Å²) in [6.45, 7) is 0. The Balaban J connectivity index is 1.73. The van der Waals surface area contributed by atoms with Gasteiger partial charge in [-0.05, 0) is 29.8 Å². The number of nitrogens with one attached hydrogen (secondary N) is 1. The highest BCUT2D eigenvalue weighted by atomic mass is 35.5. The van der Waals surface area contributed by atoms with Gasteiger partial charge in [-0.25, -0.2) is 5.43 Å². The summed E-state index contributed by atoms with van der Waals surface area (Å²) in [7, 11) is 0. The molecule has 1 aromatic heterocycles. The lowest BCUT2D eigenvalue weighted by molar-refractivity contribution is -0.384. The van der Waals surface area contributed by atoms with E-state index in [0.717, 1.165) is 10.3 Å². The molecular formula is C16H10ClN3O3S. The first kappa shape index (κ1) is 16.1. The van der Waals surface area contributed by atoms with Gasteiger partial charge in [0.15, 0.2) is 0 Å². The van der Waals surface area contributed by atoms with E-state index in [2.05, 4.69) is 10.5 Å². The zero-order valence-corrected chi connectivity index (χ0v) is 13.7. The molecule has 0 saturated carbocycles. The van der Waals surface area contributed by atoms with Gasteiger partial charge in [0, 0.05) is 27.2 Å². The first-order chi connectivity index (χ1) is 11.5. The maximum Gasteiger partial charge on any atom is 0.281 e. The molecule has 0 aliphatic rings. The number of nitrogens with zero attached hydrogens (tertiary/aromatic N) is 2. The number of thiophene rings is 1. The fourth-order valence-electron chi connectivity index (χ4n) is 2.03. The molecule has 0 bridgehead atoms. The van der Waals surface area contributed by atoms with Gasteiger partial charge in [-0.2, -0.15) is 5.10 Å². The molecule has 6 nitrogen and oxygen atoms in total. The van der Waals surface area contributed by atoms with Crippen molar-refractivity contribution in [1.29, 1.82) is 0 Å². The van der Waals surface area contributed by atoms with Gasteiger partial charge >= 0.3 is 0 Å². The molecule has 1 amide bonds. The van der Waals surface area contributed by atoms with Gasteiger partial charge in [0.2, 0.25) is 0 Å². The van der Waals surface area contributed by atoms with Crippen LogP contribution in [0.25, 0.3) is 10.1 Å². The average molecular weight is 360 g/mol. The van der Waals surface area contributed by atoms with Crippen LogP contribution in [0.3, 0.4) is 0 Å². The highest BCUT2D eigenvalue weighted by Crippen LogP contribution is 2.28. The number of non-ortho nitro benzene ring substituents is 1. The largest absolute Gasteiger partial charge is 0.281 e. The summed E-state index contributed by atoms with van der Waals surface area (Å²) in [4.78, 5) is 22.9. The molecule has 24 heavy (non-hydrogen) atoms. The van der Waals surface area contributed by atoms with E-state index in [-0.39, 0.29) is 11.6 Å². The minimum absolute atomic E-state index is 0.00647. The van der Waals surface area contributed by atoms with Gasteiger partial charge in [0.1, 0.15) is 0 Å². The van der Waals surface area contributed by atoms with Gasteiger partial charge in [-0.1, -0.05) is 23.7 Å². The Labute approximate surface area is 145 Å². The molecule has 3 aromatic rings. The lowest BCUT2D eigenvalue weighted by Gasteiger charge is -1.96. The summed E-state index contributed by atoms with van der Waals surface area (Å²) >= 11 is 7.04. The zero-order valence-electron chi connectivity index (χ0n) is 12.1. The Bertz CT molecular complexity index is 951. The van der Waals surface area contributed by atoms with Crippen molar-refractivity contribution in [3.8, 4) is 0 Å². The highest BCUT2D eigenvalue weighted by Gasteiger charge is 2.12. The fraction of sp³-hybridized carbons (Fsp3) is 0. The second-order valence-electron chi connectivity index (χ2n) is 4.84. The number of hydrogen-bond acceptors (Lipinski definition) is 5. The molecule has 0 radical (unpaired) electrons. The zero-order chi connectivity index (χ0) is 17.1. The van der Waals surface area contributed by atoms with Crippen LogP contribution >= 0.6 is 22.9 Å². The molecule has 0 unspecified atom stereocenters. The van der Waals surface area contributed by atoms with Gasteiger partial charge in [0.05, 0.1) is 16.0 Å². The second kappa shape index (κ2) is 6.77. The van der Waals surface area contributed by atoms with Crippen LogP contribution in [-0.2, 0) is 0 Å². The molecule has 0 spiro atoms. The van der Waals surface area contributed by atoms with Gasteiger partial charge in [0.25, 0.3) is 11.6 Å². The average Bonchev–Trinajstić information content (AvgIpc) is 2.99. The number of carbonyl (C=O) groups excluding carboxylic acids is 1. The summed E-state index contributed by atoms with van der Waals surface area (Å²) < 4.78 is 0.799. The standard InChI is InChI=1S/C16H10ClN3O3S/c17-12-3-1-10(2-4-12)9-18-19-16(21)15-8-11-7-13(20(22)23)5-6-14(11)24-15/h1-9H,(H,19,21). The minimum Gasteiger partial charge on any atom is -0.266 e. The van der Waals surface area contributed by atoms with Crippen LogP contribution in [-0.4, -0.2) is 17.0 Å². The van der Waals surface area contributed by atoms with E-state index in [1.54, 1.807) is 36.4 Å². The molecule has 0 fully saturated rings. The third-order valence-electron chi connectivity index (χ3n) is 3.18. The van der Waals surface area contributed by atoms with Crippen molar-refractivity contribution in [2.75, 3.05) is 0 Å². The summed E-state index contributed by atoms with van der Waals surface area (Å²) in [5, 5.41) is 16.0. The molecule has 0 aliphatic heterocycles. The van der Waals surface area contributed by atoms with Crippen molar-refractivity contribution in [2.45, 2.75) is 0 Å². The first-order valence-electron chi connectivity index (χ1n) is 6.80. The Morgan fingerprint density at radius 1 is 1.21 bits per heavy atom. The van der Waals surface area contributed by atoms with Crippen molar-refractivity contribution in [3.05, 3.63) is 74.1 Å². The van der Waals surface area contributed by atoms with E-state index < -0.39 is 4.92 Å². The van der Waals surface area contributed by atoms with Gasteiger partial charge in [-0.3, -0.25) is 14.9 Å². The van der Waals surface area contributed by atoms with Crippen molar-refractivity contribution in [3.63, 3.8) is 0 Å². The van der Waals surface area contributed by atoms with E-state index >= 15 is 0 Å². The Morgan fingerprint density at radius 2 is 1.96 bits per heavy atom. The lowest BCUT2D eigenvalue weighted by Crippen LogP contribution is -2.16. The number of halogens is 1. The molecule has 8 heteroatoms. The summed E-state index contributed by atoms with van der Waals surface area (Å²) in [5.74, 6) is -0.371. The molecule has 3 rings (SSSR count). The highest BCUT2D eigenvalue weighted by molar-refractivity contribution is 7.20. The van der Waals surface area contributed by atoms with E-state index in [4.69, 9.17) is 11.6 Å². The maximum absolute atomic E-state index is 12.1. The topological polar surface area (TPSA) is 84.6 Å². The van der Waals surface area contributed by atoms with Gasteiger partial charge in [-0.15, -0.1) is 11.3 Å². The summed E-state index contributed by atoms with van der Waals surface area (Å²) in [6.07, 6.45) is 1.51. The molecule has 0 saturated heterocycles. The molecule has 0 aliphatic carbocycles. The van der Waals surface area contributed by atoms with Crippen LogP contribution in [0.1, 0.15) is 15.2 Å². The third kappa shape index (κ3) is 3.58. The summed E-state index contributed by atoms with van der Waals surface area (Å²) in [5.41, 5.74) is 3.23. The lowest BCUT2D eigenvalue weighted by atomic mass is 10.2. The van der Waals surface area contributed by atoms with Crippen LogP contribution < -0.4 is 5.43 Å². The predicted octanol–water partition coefficient (Wildman–Crippen LogP) is 4.23. The molecule has 120 valence electrons. The number of nitro groups is 1. The maximum atomic E-state index is 12.1. The monoisotopic (exact) mass is 359 g/mol. The summed E-state index contributed by atoms with van der Waals surface area (Å²) in [6, 6.07) is 13.1. The molecular weight excluding hydrogens is 350 g/mol. The van der Waals surface area contributed by atoms with E-state index in [9.17, 15) is 14.9 Å². The van der Waals surface area contributed by atoms with Crippen molar-refractivity contribution < 1.29 is 9.72 Å². The van der Waals surface area contributed by atoms with Crippen molar-refractivity contribution >= 4 is 50.8 Å². The van der Waals surface area contributed by atoms with E-state index in [1.165, 1.54) is 29.7 Å². The van der Waals surface area contributed by atoms with Gasteiger partial charge < -0.3 is 0 Å². The normalized spacial score (nSPS) is 11.0. The van der Waals surface area contributed by atoms with E-state index in [1.807, 2.05) is 0 Å². The van der Waals surface area contributed by atoms with Crippen LogP contribution in [0.4, 0.5) is 5.69 Å². The first-order valence-corrected chi connectivity index (χ1v) is 7.99. The smallest absolute Gasteiger partial charge is 0.266 e. The molecule has 1 heterocycles. The van der Waals surface area contributed by atoms with Crippen molar-refractivity contribution in [2.24, 2.45) is 5.10 Å². The third-order valence-corrected chi connectivity index (χ3v) is 4.55. The number of benzene rings is 2. The van der Waals surface area contributed by atoms with Crippen LogP contribution in [0.2, 0.25) is 5.02 Å². The predicted molar refractivity (Wildman–Crippen MR) is 95.0 cm³/mol. The molecule has 0 atom stereocenters. The number of nitro benzene ring substituents is 1. The number of amides is 1. The SMILES string of the molecule is O=C(NN=Cc1ccc(Cl)cc1)c1cc2cc([N+](=O)[O-])ccc2s1. The Kier molecular flexibility index (Phi) is 4.54. The number of carbonyl (C=O) groups is 1. The molecule has 1 N–H and O–H groups in total. The number of rotatable bonds is 4. The number of fused-ring (bicyclic) bond motifs is 1. The van der Waals surface area contributed by atoms with Crippen molar-refractivity contribution in [1.82, 2.24) is 5.43 Å². The van der Waals surface area contributed by atoms with Crippen LogP contribution in [0.15, 0.2) is 53.6 Å². The number of hydrogen-bond donors (Lipinski definition) is 1. The van der Waals surface area contributed by atoms with Crippen LogP contribution in [0.5, 0.6) is 0 Å². The van der Waals surface area contributed by atoms with E-state index in [0.29, 0.717) is 15.3 Å². The number of hydrazone groups is 1.